The van der Waals surface area contributed by atoms with Crippen molar-refractivity contribution in [1.82, 2.24) is 10.3 Å². The molecule has 0 unspecified atom stereocenters. The number of nitrogens with one attached hydrogen (secondary N) is 1. The monoisotopic (exact) mass is 221 g/mol. The molecule has 1 heterocycles. The fourth-order valence-corrected chi connectivity index (χ4v) is 1.57. The van der Waals surface area contributed by atoms with E-state index in [-0.39, 0.29) is 0 Å². The molecule has 0 saturated carbocycles. The number of nitrogens with zero attached hydrogens (tertiary/aromatic N) is 2. The van der Waals surface area contributed by atoms with Crippen molar-refractivity contribution >= 4 is 5.82 Å². The lowest BCUT2D eigenvalue weighted by Gasteiger charge is -2.22. The molecule has 0 spiro atoms. The largest absolute Gasteiger partial charge is 0.356 e. The third kappa shape index (κ3) is 4.19. The van der Waals surface area contributed by atoms with Crippen molar-refractivity contribution in [2.24, 2.45) is 0 Å². The third-order valence-electron chi connectivity index (χ3n) is 2.54. The van der Waals surface area contributed by atoms with Crippen LogP contribution in [0.25, 0.3) is 0 Å². The topological polar surface area (TPSA) is 28.2 Å². The molecule has 1 aromatic heterocycles. The fraction of sp³-hybridized carbons (Fsp3) is 0.615. The van der Waals surface area contributed by atoms with Gasteiger partial charge in [0.25, 0.3) is 0 Å². The first-order chi connectivity index (χ1) is 7.63. The van der Waals surface area contributed by atoms with Crippen LogP contribution in [-0.2, 0) is 0 Å². The zero-order valence-electron chi connectivity index (χ0n) is 10.8. The van der Waals surface area contributed by atoms with Crippen LogP contribution in [0.1, 0.15) is 26.3 Å². The smallest absolute Gasteiger partial charge is 0.128 e. The highest BCUT2D eigenvalue weighted by atomic mass is 15.2. The zero-order chi connectivity index (χ0) is 12.0. The molecule has 1 aromatic rings. The number of hydrogen-bond acceptors (Lipinski definition) is 3. The summed E-state index contributed by atoms with van der Waals surface area (Å²) in [6.45, 7) is 11.6. The van der Waals surface area contributed by atoms with Crippen LogP contribution in [0.4, 0.5) is 5.82 Å². The van der Waals surface area contributed by atoms with E-state index in [1.807, 2.05) is 6.20 Å². The summed E-state index contributed by atoms with van der Waals surface area (Å²) in [7, 11) is 0. The standard InChI is InChI=1S/C13H23N3/c1-5-16(9-8-14-11(2)3)13-7-6-12(4)10-15-13/h6-7,10-11,14H,5,8-9H2,1-4H3. The van der Waals surface area contributed by atoms with Crippen molar-refractivity contribution in [3.05, 3.63) is 23.9 Å². The Morgan fingerprint density at radius 1 is 1.38 bits per heavy atom. The Kier molecular flexibility index (Phi) is 5.26. The molecule has 3 heteroatoms. The molecule has 1 rings (SSSR count). The maximum Gasteiger partial charge on any atom is 0.128 e. The van der Waals surface area contributed by atoms with E-state index < -0.39 is 0 Å². The van der Waals surface area contributed by atoms with Crippen LogP contribution in [0, 0.1) is 6.92 Å². The van der Waals surface area contributed by atoms with Crippen molar-refractivity contribution in [3.8, 4) is 0 Å². The summed E-state index contributed by atoms with van der Waals surface area (Å²) in [6.07, 6.45) is 1.92. The maximum atomic E-state index is 4.45. The molecule has 0 aromatic carbocycles. The lowest BCUT2D eigenvalue weighted by atomic mass is 10.3. The Morgan fingerprint density at radius 3 is 2.62 bits per heavy atom. The molecule has 0 aliphatic carbocycles. The molecule has 1 N–H and O–H groups in total. The van der Waals surface area contributed by atoms with E-state index in [0.29, 0.717) is 6.04 Å². The molecule has 0 saturated heterocycles. The lowest BCUT2D eigenvalue weighted by Crippen LogP contribution is -2.35. The molecular formula is C13H23N3. The predicted molar refractivity (Wildman–Crippen MR) is 70.0 cm³/mol. The molecule has 0 aliphatic heterocycles. The Balaban J connectivity index is 2.50. The summed E-state index contributed by atoms with van der Waals surface area (Å²) in [5.41, 5.74) is 1.21. The van der Waals surface area contributed by atoms with Gasteiger partial charge in [0, 0.05) is 31.9 Å². The van der Waals surface area contributed by atoms with Gasteiger partial charge in [0.2, 0.25) is 0 Å². The summed E-state index contributed by atoms with van der Waals surface area (Å²) < 4.78 is 0. The Morgan fingerprint density at radius 2 is 2.12 bits per heavy atom. The quantitative estimate of drug-likeness (QED) is 0.798. The minimum atomic E-state index is 0.546. The number of likely N-dealkylation sites (N-methyl/N-ethyl adjacent to an activating group) is 1. The number of aryl methyl sites for hydroxylation is 1. The van der Waals surface area contributed by atoms with E-state index in [4.69, 9.17) is 0 Å². The average Bonchev–Trinajstić information content (AvgIpc) is 2.26. The Bertz CT molecular complexity index is 293. The first-order valence-corrected chi connectivity index (χ1v) is 6.04. The van der Waals surface area contributed by atoms with Gasteiger partial charge >= 0.3 is 0 Å². The molecule has 0 radical (unpaired) electrons. The summed E-state index contributed by atoms with van der Waals surface area (Å²) >= 11 is 0. The van der Waals surface area contributed by atoms with Gasteiger partial charge in [0.05, 0.1) is 0 Å². The zero-order valence-corrected chi connectivity index (χ0v) is 10.8. The lowest BCUT2D eigenvalue weighted by molar-refractivity contribution is 0.582. The van der Waals surface area contributed by atoms with Gasteiger partial charge < -0.3 is 10.2 Å². The fourth-order valence-electron chi connectivity index (χ4n) is 1.57. The van der Waals surface area contributed by atoms with Gasteiger partial charge in [-0.15, -0.1) is 0 Å². The second kappa shape index (κ2) is 6.48. The van der Waals surface area contributed by atoms with Crippen LogP contribution in [0.2, 0.25) is 0 Å². The van der Waals surface area contributed by atoms with Crippen molar-refractivity contribution in [2.45, 2.75) is 33.7 Å². The molecule has 0 aliphatic rings. The van der Waals surface area contributed by atoms with E-state index in [9.17, 15) is 0 Å². The van der Waals surface area contributed by atoms with Crippen molar-refractivity contribution < 1.29 is 0 Å². The van der Waals surface area contributed by atoms with Crippen LogP contribution < -0.4 is 10.2 Å². The van der Waals surface area contributed by atoms with Crippen LogP contribution in [0.15, 0.2) is 18.3 Å². The molecule has 0 bridgehead atoms. The van der Waals surface area contributed by atoms with Gasteiger partial charge in [-0.05, 0) is 25.5 Å². The molecule has 0 fully saturated rings. The predicted octanol–water partition coefficient (Wildman–Crippen LogP) is 2.21. The number of pyridine rings is 1. The Labute approximate surface area is 98.9 Å². The van der Waals surface area contributed by atoms with E-state index in [0.717, 1.165) is 25.5 Å². The van der Waals surface area contributed by atoms with E-state index in [1.54, 1.807) is 0 Å². The van der Waals surface area contributed by atoms with E-state index >= 15 is 0 Å². The van der Waals surface area contributed by atoms with E-state index in [2.05, 4.69) is 55.0 Å². The number of aromatic nitrogens is 1. The third-order valence-corrected chi connectivity index (χ3v) is 2.54. The maximum absolute atomic E-state index is 4.45. The highest BCUT2D eigenvalue weighted by Gasteiger charge is 2.04. The van der Waals surface area contributed by atoms with Gasteiger partial charge in [-0.1, -0.05) is 19.9 Å². The summed E-state index contributed by atoms with van der Waals surface area (Å²) in [4.78, 5) is 6.73. The van der Waals surface area contributed by atoms with Crippen LogP contribution in [-0.4, -0.2) is 30.7 Å². The normalized spacial score (nSPS) is 10.8. The highest BCUT2D eigenvalue weighted by Crippen LogP contribution is 2.09. The van der Waals surface area contributed by atoms with Gasteiger partial charge in [-0.3, -0.25) is 0 Å². The van der Waals surface area contributed by atoms with Gasteiger partial charge in [-0.2, -0.15) is 0 Å². The number of rotatable bonds is 6. The second-order valence-corrected chi connectivity index (χ2v) is 4.38. The number of anilines is 1. The minimum Gasteiger partial charge on any atom is -0.356 e. The molecule has 90 valence electrons. The second-order valence-electron chi connectivity index (χ2n) is 4.38. The highest BCUT2D eigenvalue weighted by molar-refractivity contribution is 5.38. The molecular weight excluding hydrogens is 198 g/mol. The van der Waals surface area contributed by atoms with Crippen molar-refractivity contribution in [2.75, 3.05) is 24.5 Å². The van der Waals surface area contributed by atoms with Gasteiger partial charge in [0.1, 0.15) is 5.82 Å². The molecule has 0 atom stereocenters. The average molecular weight is 221 g/mol. The van der Waals surface area contributed by atoms with Crippen LogP contribution in [0.3, 0.4) is 0 Å². The minimum absolute atomic E-state index is 0.546. The number of hydrogen-bond donors (Lipinski definition) is 1. The SMILES string of the molecule is CCN(CCNC(C)C)c1ccc(C)cn1. The van der Waals surface area contributed by atoms with Crippen molar-refractivity contribution in [3.63, 3.8) is 0 Å². The van der Waals surface area contributed by atoms with Gasteiger partial charge in [0.15, 0.2) is 0 Å². The van der Waals surface area contributed by atoms with Crippen LogP contribution >= 0.6 is 0 Å². The summed E-state index contributed by atoms with van der Waals surface area (Å²) in [5.74, 6) is 1.07. The summed E-state index contributed by atoms with van der Waals surface area (Å²) in [6, 6.07) is 4.75. The summed E-state index contributed by atoms with van der Waals surface area (Å²) in [5, 5.41) is 3.42. The van der Waals surface area contributed by atoms with Crippen LogP contribution in [0.5, 0.6) is 0 Å². The van der Waals surface area contributed by atoms with Crippen molar-refractivity contribution in [1.29, 1.82) is 0 Å². The van der Waals surface area contributed by atoms with Gasteiger partial charge in [-0.25, -0.2) is 4.98 Å². The molecule has 3 nitrogen and oxygen atoms in total. The molecule has 16 heavy (non-hydrogen) atoms. The Hall–Kier alpha value is -1.09. The van der Waals surface area contributed by atoms with E-state index in [1.165, 1.54) is 5.56 Å². The first-order valence-electron chi connectivity index (χ1n) is 6.04. The molecule has 0 amide bonds. The first kappa shape index (κ1) is 13.0.